The van der Waals surface area contributed by atoms with Crippen LogP contribution in [0.3, 0.4) is 0 Å². The first kappa shape index (κ1) is 16.0. The van der Waals surface area contributed by atoms with Crippen LogP contribution in [-0.2, 0) is 10.5 Å². The van der Waals surface area contributed by atoms with Gasteiger partial charge in [0.2, 0.25) is 0 Å². The molecule has 0 aliphatic heterocycles. The number of benzene rings is 1. The van der Waals surface area contributed by atoms with Gasteiger partial charge in [0, 0.05) is 16.7 Å². The van der Waals surface area contributed by atoms with Gasteiger partial charge in [0.05, 0.1) is 5.69 Å². The second-order valence-corrected chi connectivity index (χ2v) is 6.76. The Morgan fingerprint density at radius 3 is 2.81 bits per heavy atom. The third kappa shape index (κ3) is 4.84. The molecule has 0 radical (unpaired) electrons. The SMILES string of the molecule is Cc1ccc(-c2nc(CSCCC(N)C(=O)O)cs2)cc1. The zero-order chi connectivity index (χ0) is 15.2. The standard InChI is InChI=1S/C15H18N2O2S2/c1-10-2-4-11(5-3-10)14-17-12(9-21-14)8-20-7-6-13(16)15(18)19/h2-5,9,13H,6-8,16H2,1H3,(H,18,19). The largest absolute Gasteiger partial charge is 0.480 e. The highest BCUT2D eigenvalue weighted by Gasteiger charge is 2.11. The van der Waals surface area contributed by atoms with Crippen LogP contribution < -0.4 is 5.73 Å². The molecule has 1 aromatic carbocycles. The first-order chi connectivity index (χ1) is 10.1. The summed E-state index contributed by atoms with van der Waals surface area (Å²) in [6.07, 6.45) is 0.481. The van der Waals surface area contributed by atoms with Crippen molar-refractivity contribution < 1.29 is 9.90 Å². The van der Waals surface area contributed by atoms with Crippen molar-refractivity contribution in [2.24, 2.45) is 5.73 Å². The molecule has 0 saturated heterocycles. The second kappa shape index (κ2) is 7.59. The van der Waals surface area contributed by atoms with E-state index in [0.717, 1.165) is 27.8 Å². The van der Waals surface area contributed by atoms with Crippen LogP contribution in [0.2, 0.25) is 0 Å². The number of aromatic nitrogens is 1. The summed E-state index contributed by atoms with van der Waals surface area (Å²) in [7, 11) is 0. The van der Waals surface area contributed by atoms with Gasteiger partial charge in [0.25, 0.3) is 0 Å². The molecule has 112 valence electrons. The minimum absolute atomic E-state index is 0.481. The number of nitrogens with zero attached hydrogens (tertiary/aromatic N) is 1. The molecule has 0 saturated carbocycles. The number of nitrogens with two attached hydrogens (primary N) is 1. The number of carboxylic acid groups (broad SMARTS) is 1. The van der Waals surface area contributed by atoms with Crippen molar-refractivity contribution in [2.45, 2.75) is 25.1 Å². The molecule has 2 aromatic rings. The van der Waals surface area contributed by atoms with Gasteiger partial charge in [-0.3, -0.25) is 4.79 Å². The molecule has 2 rings (SSSR count). The minimum atomic E-state index is -0.939. The van der Waals surface area contributed by atoms with Crippen molar-refractivity contribution in [3.63, 3.8) is 0 Å². The summed E-state index contributed by atoms with van der Waals surface area (Å²) in [6, 6.07) is 7.56. The molecular formula is C15H18N2O2S2. The Kier molecular flexibility index (Phi) is 5.78. The third-order valence-corrected chi connectivity index (χ3v) is 4.96. The van der Waals surface area contributed by atoms with Crippen molar-refractivity contribution in [1.82, 2.24) is 4.98 Å². The van der Waals surface area contributed by atoms with E-state index in [4.69, 9.17) is 10.8 Å². The first-order valence-corrected chi connectivity index (χ1v) is 8.67. The number of carboxylic acids is 1. The van der Waals surface area contributed by atoms with E-state index in [1.807, 2.05) is 0 Å². The molecule has 1 heterocycles. The number of hydrogen-bond acceptors (Lipinski definition) is 5. The van der Waals surface area contributed by atoms with E-state index >= 15 is 0 Å². The number of aliphatic carboxylic acids is 1. The van der Waals surface area contributed by atoms with Gasteiger partial charge in [0.15, 0.2) is 0 Å². The highest BCUT2D eigenvalue weighted by Crippen LogP contribution is 2.25. The average molecular weight is 322 g/mol. The lowest BCUT2D eigenvalue weighted by Crippen LogP contribution is -2.30. The number of hydrogen-bond donors (Lipinski definition) is 2. The summed E-state index contributed by atoms with van der Waals surface area (Å²) in [5.41, 5.74) is 8.86. The molecule has 0 amide bonds. The average Bonchev–Trinajstić information content (AvgIpc) is 2.93. The van der Waals surface area contributed by atoms with Crippen LogP contribution in [0.4, 0.5) is 0 Å². The van der Waals surface area contributed by atoms with Gasteiger partial charge in [-0.05, 0) is 19.1 Å². The molecule has 0 aliphatic rings. The molecule has 0 bridgehead atoms. The number of aryl methyl sites for hydroxylation is 1. The summed E-state index contributed by atoms with van der Waals surface area (Å²) < 4.78 is 0. The highest BCUT2D eigenvalue weighted by molar-refractivity contribution is 7.98. The normalized spacial score (nSPS) is 12.3. The molecule has 0 aliphatic carbocycles. The summed E-state index contributed by atoms with van der Waals surface area (Å²) in [5.74, 6) is 0.574. The second-order valence-electron chi connectivity index (χ2n) is 4.80. The van der Waals surface area contributed by atoms with E-state index in [9.17, 15) is 4.79 Å². The predicted octanol–water partition coefficient (Wildman–Crippen LogP) is 3.15. The van der Waals surface area contributed by atoms with Crippen molar-refractivity contribution in [2.75, 3.05) is 5.75 Å². The number of thioether (sulfide) groups is 1. The highest BCUT2D eigenvalue weighted by atomic mass is 32.2. The Labute approximate surface area is 132 Å². The maximum absolute atomic E-state index is 10.6. The van der Waals surface area contributed by atoms with Crippen LogP contribution >= 0.6 is 23.1 Å². The van der Waals surface area contributed by atoms with Gasteiger partial charge >= 0.3 is 5.97 Å². The molecule has 0 spiro atoms. The Balaban J connectivity index is 1.83. The maximum Gasteiger partial charge on any atom is 0.320 e. The van der Waals surface area contributed by atoms with Crippen molar-refractivity contribution in [3.05, 3.63) is 40.9 Å². The monoisotopic (exact) mass is 322 g/mol. The molecule has 1 unspecified atom stereocenters. The Bertz CT molecular complexity index is 596. The minimum Gasteiger partial charge on any atom is -0.480 e. The van der Waals surface area contributed by atoms with Crippen LogP contribution in [0.5, 0.6) is 0 Å². The van der Waals surface area contributed by atoms with Crippen molar-refractivity contribution in [1.29, 1.82) is 0 Å². The number of rotatable bonds is 7. The predicted molar refractivity (Wildman–Crippen MR) is 88.7 cm³/mol. The van der Waals surface area contributed by atoms with Gasteiger partial charge < -0.3 is 10.8 Å². The van der Waals surface area contributed by atoms with E-state index in [1.54, 1.807) is 23.1 Å². The maximum atomic E-state index is 10.6. The van der Waals surface area contributed by atoms with Crippen molar-refractivity contribution in [3.8, 4) is 10.6 Å². The molecule has 21 heavy (non-hydrogen) atoms. The molecule has 1 aromatic heterocycles. The van der Waals surface area contributed by atoms with E-state index < -0.39 is 12.0 Å². The first-order valence-electron chi connectivity index (χ1n) is 6.64. The molecule has 1 atom stereocenters. The van der Waals surface area contributed by atoms with Gasteiger partial charge in [-0.15, -0.1) is 11.3 Å². The van der Waals surface area contributed by atoms with E-state index in [1.165, 1.54) is 5.56 Å². The Morgan fingerprint density at radius 1 is 1.43 bits per heavy atom. The summed E-state index contributed by atoms with van der Waals surface area (Å²) in [6.45, 7) is 2.07. The Morgan fingerprint density at radius 2 is 2.14 bits per heavy atom. The molecule has 0 fully saturated rings. The lowest BCUT2D eigenvalue weighted by atomic mass is 10.2. The topological polar surface area (TPSA) is 76.2 Å². The number of thiazole rings is 1. The van der Waals surface area contributed by atoms with Gasteiger partial charge in [-0.2, -0.15) is 11.8 Å². The molecular weight excluding hydrogens is 304 g/mol. The summed E-state index contributed by atoms with van der Waals surface area (Å²) in [4.78, 5) is 15.2. The van der Waals surface area contributed by atoms with Gasteiger partial charge in [0.1, 0.15) is 11.0 Å². The van der Waals surface area contributed by atoms with E-state index in [2.05, 4.69) is 41.6 Å². The quantitative estimate of drug-likeness (QED) is 0.766. The molecule has 6 heteroatoms. The summed E-state index contributed by atoms with van der Waals surface area (Å²) in [5, 5.41) is 11.8. The van der Waals surface area contributed by atoms with Crippen LogP contribution in [0.1, 0.15) is 17.7 Å². The van der Waals surface area contributed by atoms with Crippen molar-refractivity contribution >= 4 is 29.1 Å². The van der Waals surface area contributed by atoms with Gasteiger partial charge in [-0.25, -0.2) is 4.98 Å². The third-order valence-electron chi connectivity index (χ3n) is 2.99. The fourth-order valence-corrected chi connectivity index (χ4v) is 3.57. The van der Waals surface area contributed by atoms with Gasteiger partial charge in [-0.1, -0.05) is 29.8 Å². The van der Waals surface area contributed by atoms with Crippen LogP contribution in [0, 0.1) is 6.92 Å². The van der Waals surface area contributed by atoms with Crippen LogP contribution in [-0.4, -0.2) is 27.9 Å². The Hall–Kier alpha value is -1.37. The van der Waals surface area contributed by atoms with Crippen LogP contribution in [0.15, 0.2) is 29.6 Å². The molecule has 3 N–H and O–H groups in total. The zero-order valence-electron chi connectivity index (χ0n) is 11.8. The lowest BCUT2D eigenvalue weighted by Gasteiger charge is -2.04. The van der Waals surface area contributed by atoms with Crippen LogP contribution in [0.25, 0.3) is 10.6 Å². The number of carbonyl (C=O) groups is 1. The zero-order valence-corrected chi connectivity index (χ0v) is 13.4. The van der Waals surface area contributed by atoms with E-state index in [-0.39, 0.29) is 0 Å². The lowest BCUT2D eigenvalue weighted by molar-refractivity contribution is -0.138. The molecule has 4 nitrogen and oxygen atoms in total. The smallest absolute Gasteiger partial charge is 0.320 e. The fraction of sp³-hybridized carbons (Fsp3) is 0.333. The fourth-order valence-electron chi connectivity index (χ4n) is 1.71. The van der Waals surface area contributed by atoms with E-state index in [0.29, 0.717) is 6.42 Å². The summed E-state index contributed by atoms with van der Waals surface area (Å²) >= 11 is 3.30.